The van der Waals surface area contributed by atoms with E-state index in [4.69, 9.17) is 9.47 Å². The maximum atomic E-state index is 11.8. The van der Waals surface area contributed by atoms with Crippen molar-refractivity contribution in [3.8, 4) is 11.5 Å². The molecule has 4 nitrogen and oxygen atoms in total. The Bertz CT molecular complexity index is 704. The molecule has 0 aliphatic heterocycles. The van der Waals surface area contributed by atoms with Crippen LogP contribution in [0.4, 0.5) is 0 Å². The molecule has 0 saturated carbocycles. The molecule has 0 fully saturated rings. The van der Waals surface area contributed by atoms with Gasteiger partial charge in [0.25, 0.3) is 0 Å². The molecule has 2 rings (SSSR count). The van der Waals surface area contributed by atoms with Crippen molar-refractivity contribution in [1.29, 1.82) is 0 Å². The molecule has 2 aromatic rings. The molecule has 0 aromatic heterocycles. The molecule has 0 aliphatic carbocycles. The van der Waals surface area contributed by atoms with Gasteiger partial charge >= 0.3 is 0 Å². The van der Waals surface area contributed by atoms with E-state index < -0.39 is 9.84 Å². The van der Waals surface area contributed by atoms with Crippen molar-refractivity contribution in [2.45, 2.75) is 12.8 Å². The van der Waals surface area contributed by atoms with Gasteiger partial charge in [-0.1, -0.05) is 48.6 Å². The van der Waals surface area contributed by atoms with Gasteiger partial charge in [-0.05, 0) is 24.3 Å². The van der Waals surface area contributed by atoms with E-state index in [0.29, 0.717) is 26.1 Å². The summed E-state index contributed by atoms with van der Waals surface area (Å²) in [6.07, 6.45) is 4.25. The monoisotopic (exact) mass is 358 g/mol. The summed E-state index contributed by atoms with van der Waals surface area (Å²) in [5.74, 6) is 1.55. The number of benzene rings is 2. The second kappa shape index (κ2) is 10.4. The summed E-state index contributed by atoms with van der Waals surface area (Å²) < 4.78 is 34.7. The Morgan fingerprint density at radius 2 is 1.08 bits per heavy atom. The van der Waals surface area contributed by atoms with Crippen LogP contribution < -0.4 is 9.47 Å². The fourth-order valence-corrected chi connectivity index (χ4v) is 2.87. The summed E-state index contributed by atoms with van der Waals surface area (Å²) in [6.45, 7) is 0.870. The largest absolute Gasteiger partial charge is 0.493 e. The van der Waals surface area contributed by atoms with Gasteiger partial charge in [0.05, 0.1) is 13.2 Å². The SMILES string of the molecule is O=S(=O)(C=CCCOc1ccccc1)C=CCCOc1ccccc1. The first-order chi connectivity index (χ1) is 12.2. The fraction of sp³-hybridized carbons (Fsp3) is 0.200. The molecule has 0 bridgehead atoms. The van der Waals surface area contributed by atoms with Gasteiger partial charge in [-0.3, -0.25) is 0 Å². The second-order valence-electron chi connectivity index (χ2n) is 5.23. The van der Waals surface area contributed by atoms with Crippen LogP contribution in [-0.2, 0) is 9.84 Å². The number of sulfone groups is 1. The Morgan fingerprint density at radius 3 is 1.48 bits per heavy atom. The number of ether oxygens (including phenoxy) is 2. The topological polar surface area (TPSA) is 52.6 Å². The van der Waals surface area contributed by atoms with Crippen LogP contribution in [0, 0.1) is 0 Å². The van der Waals surface area contributed by atoms with Gasteiger partial charge in [-0.25, -0.2) is 8.42 Å². The molecule has 0 saturated heterocycles. The summed E-state index contributed by atoms with van der Waals surface area (Å²) in [6, 6.07) is 18.8. The number of para-hydroxylation sites is 2. The molecule has 0 spiro atoms. The van der Waals surface area contributed by atoms with E-state index >= 15 is 0 Å². The molecular weight excluding hydrogens is 336 g/mol. The lowest BCUT2D eigenvalue weighted by molar-refractivity contribution is 0.325. The van der Waals surface area contributed by atoms with Crippen molar-refractivity contribution < 1.29 is 17.9 Å². The Balaban J connectivity index is 1.64. The van der Waals surface area contributed by atoms with Crippen LogP contribution in [0.15, 0.2) is 83.6 Å². The van der Waals surface area contributed by atoms with E-state index in [1.807, 2.05) is 60.7 Å². The van der Waals surface area contributed by atoms with Crippen molar-refractivity contribution in [2.24, 2.45) is 0 Å². The normalized spacial score (nSPS) is 11.8. The summed E-state index contributed by atoms with van der Waals surface area (Å²) >= 11 is 0. The predicted molar refractivity (Wildman–Crippen MR) is 100 cm³/mol. The lowest BCUT2D eigenvalue weighted by Crippen LogP contribution is -1.97. The van der Waals surface area contributed by atoms with Crippen LogP contribution in [0.5, 0.6) is 11.5 Å². The summed E-state index contributed by atoms with van der Waals surface area (Å²) in [7, 11) is -3.34. The molecule has 0 N–H and O–H groups in total. The van der Waals surface area contributed by atoms with Gasteiger partial charge < -0.3 is 9.47 Å². The van der Waals surface area contributed by atoms with Gasteiger partial charge in [0, 0.05) is 23.7 Å². The van der Waals surface area contributed by atoms with Gasteiger partial charge in [0.2, 0.25) is 0 Å². The lowest BCUT2D eigenvalue weighted by Gasteiger charge is -2.03. The summed E-state index contributed by atoms with van der Waals surface area (Å²) in [5, 5.41) is 2.41. The van der Waals surface area contributed by atoms with E-state index in [1.165, 1.54) is 10.8 Å². The maximum Gasteiger partial charge on any atom is 0.192 e. The first kappa shape index (κ1) is 18.8. The van der Waals surface area contributed by atoms with Crippen molar-refractivity contribution >= 4 is 9.84 Å². The van der Waals surface area contributed by atoms with E-state index in [0.717, 1.165) is 11.5 Å². The first-order valence-electron chi connectivity index (χ1n) is 8.09. The molecule has 0 heterocycles. The Morgan fingerprint density at radius 1 is 0.680 bits per heavy atom. The quantitative estimate of drug-likeness (QED) is 0.592. The molecule has 0 radical (unpaired) electrons. The van der Waals surface area contributed by atoms with Crippen molar-refractivity contribution in [3.05, 3.63) is 83.6 Å². The van der Waals surface area contributed by atoms with E-state index in [9.17, 15) is 8.42 Å². The zero-order valence-electron chi connectivity index (χ0n) is 14.0. The van der Waals surface area contributed by atoms with Gasteiger partial charge in [-0.2, -0.15) is 0 Å². The van der Waals surface area contributed by atoms with Crippen LogP contribution in [0.25, 0.3) is 0 Å². The highest BCUT2D eigenvalue weighted by molar-refractivity contribution is 7.97. The van der Waals surface area contributed by atoms with Crippen molar-refractivity contribution in [3.63, 3.8) is 0 Å². The van der Waals surface area contributed by atoms with Crippen LogP contribution in [-0.4, -0.2) is 21.6 Å². The van der Waals surface area contributed by atoms with Crippen LogP contribution in [0.3, 0.4) is 0 Å². The van der Waals surface area contributed by atoms with E-state index in [1.54, 1.807) is 12.2 Å². The zero-order chi connectivity index (χ0) is 17.8. The van der Waals surface area contributed by atoms with E-state index in [2.05, 4.69) is 0 Å². The molecule has 0 atom stereocenters. The van der Waals surface area contributed by atoms with E-state index in [-0.39, 0.29) is 0 Å². The minimum atomic E-state index is -3.34. The van der Waals surface area contributed by atoms with Gasteiger partial charge in [-0.15, -0.1) is 0 Å². The number of hydrogen-bond acceptors (Lipinski definition) is 4. The van der Waals surface area contributed by atoms with Crippen LogP contribution in [0.2, 0.25) is 0 Å². The molecule has 0 aliphatic rings. The molecule has 132 valence electrons. The maximum absolute atomic E-state index is 11.8. The Labute approximate surface area is 149 Å². The zero-order valence-corrected chi connectivity index (χ0v) is 14.8. The average Bonchev–Trinajstić information content (AvgIpc) is 2.63. The third-order valence-electron chi connectivity index (χ3n) is 3.16. The fourth-order valence-electron chi connectivity index (χ4n) is 1.97. The summed E-state index contributed by atoms with van der Waals surface area (Å²) in [4.78, 5) is 0. The Hall–Kier alpha value is -2.53. The van der Waals surface area contributed by atoms with Crippen molar-refractivity contribution in [2.75, 3.05) is 13.2 Å². The minimum absolute atomic E-state index is 0.435. The highest BCUT2D eigenvalue weighted by Crippen LogP contribution is 2.09. The van der Waals surface area contributed by atoms with Crippen molar-refractivity contribution in [1.82, 2.24) is 0 Å². The lowest BCUT2D eigenvalue weighted by atomic mass is 10.3. The number of hydrogen-bond donors (Lipinski definition) is 0. The molecule has 5 heteroatoms. The third-order valence-corrected chi connectivity index (χ3v) is 4.31. The molecular formula is C20H22O4S. The molecule has 25 heavy (non-hydrogen) atoms. The highest BCUT2D eigenvalue weighted by atomic mass is 32.2. The predicted octanol–water partition coefficient (Wildman–Crippen LogP) is 4.37. The molecule has 0 amide bonds. The Kier molecular flexibility index (Phi) is 7.79. The molecule has 2 aromatic carbocycles. The first-order valence-corrected chi connectivity index (χ1v) is 9.70. The van der Waals surface area contributed by atoms with Crippen LogP contribution >= 0.6 is 0 Å². The second-order valence-corrected chi connectivity index (χ2v) is 6.96. The smallest absolute Gasteiger partial charge is 0.192 e. The molecule has 0 unspecified atom stereocenters. The van der Waals surface area contributed by atoms with Gasteiger partial charge in [0.15, 0.2) is 9.84 Å². The highest BCUT2D eigenvalue weighted by Gasteiger charge is 1.99. The average molecular weight is 358 g/mol. The van der Waals surface area contributed by atoms with Crippen LogP contribution in [0.1, 0.15) is 12.8 Å². The number of rotatable bonds is 10. The van der Waals surface area contributed by atoms with Gasteiger partial charge in [0.1, 0.15) is 11.5 Å². The third kappa shape index (κ3) is 8.22. The minimum Gasteiger partial charge on any atom is -0.493 e. The standard InChI is InChI=1S/C20H22O4S/c21-25(22,17-9-7-15-23-19-11-3-1-4-12-19)18-10-8-16-24-20-13-5-2-6-14-20/h1-6,9-14,17-18H,7-8,15-16H2. The summed E-state index contributed by atoms with van der Waals surface area (Å²) in [5.41, 5.74) is 0.